The van der Waals surface area contributed by atoms with Crippen LogP contribution in [0, 0.1) is 11.7 Å². The standard InChI is InChI=1S/C16H20FN3O2/c1-10(2)16(3,22)9-18-15(21)13-8-19-20-14(13)11-4-6-12(17)7-5-11/h4-8,10,22H,9H2,1-3H3,(H,18,21)(H,19,20). The summed E-state index contributed by atoms with van der Waals surface area (Å²) in [5, 5.41) is 19.5. The molecule has 1 aromatic carbocycles. The van der Waals surface area contributed by atoms with Gasteiger partial charge in [0.2, 0.25) is 0 Å². The lowest BCUT2D eigenvalue weighted by Crippen LogP contribution is -2.44. The topological polar surface area (TPSA) is 78.0 Å². The Balaban J connectivity index is 2.15. The molecule has 0 aliphatic rings. The number of H-pyrrole nitrogens is 1. The highest BCUT2D eigenvalue weighted by molar-refractivity contribution is 5.99. The monoisotopic (exact) mass is 305 g/mol. The van der Waals surface area contributed by atoms with Gasteiger partial charge in [-0.2, -0.15) is 5.10 Å². The Morgan fingerprint density at radius 2 is 2.05 bits per heavy atom. The largest absolute Gasteiger partial charge is 0.388 e. The number of halogens is 1. The Bertz CT molecular complexity index is 648. The quantitative estimate of drug-likeness (QED) is 0.793. The van der Waals surface area contributed by atoms with Gasteiger partial charge in [-0.1, -0.05) is 13.8 Å². The SMILES string of the molecule is CC(C)C(C)(O)CNC(=O)c1cn[nH]c1-c1ccc(F)cc1. The first-order chi connectivity index (χ1) is 10.3. The van der Waals surface area contributed by atoms with Crippen LogP contribution in [0.25, 0.3) is 11.3 Å². The van der Waals surface area contributed by atoms with Gasteiger partial charge in [-0.25, -0.2) is 4.39 Å². The number of aromatic nitrogens is 2. The number of aromatic amines is 1. The van der Waals surface area contributed by atoms with Gasteiger partial charge in [0.25, 0.3) is 5.91 Å². The van der Waals surface area contributed by atoms with Gasteiger partial charge in [-0.3, -0.25) is 9.89 Å². The zero-order valence-corrected chi connectivity index (χ0v) is 12.9. The molecule has 0 fully saturated rings. The van der Waals surface area contributed by atoms with Gasteiger partial charge < -0.3 is 10.4 Å². The maximum Gasteiger partial charge on any atom is 0.255 e. The van der Waals surface area contributed by atoms with Gasteiger partial charge in [0.1, 0.15) is 5.82 Å². The van der Waals surface area contributed by atoms with Crippen molar-refractivity contribution in [1.82, 2.24) is 15.5 Å². The van der Waals surface area contributed by atoms with Crippen LogP contribution in [0.15, 0.2) is 30.5 Å². The molecule has 3 N–H and O–H groups in total. The first-order valence-corrected chi connectivity index (χ1v) is 7.11. The molecule has 118 valence electrons. The maximum absolute atomic E-state index is 13.0. The van der Waals surface area contributed by atoms with Crippen LogP contribution in [0.3, 0.4) is 0 Å². The highest BCUT2D eigenvalue weighted by Gasteiger charge is 2.26. The first kappa shape index (κ1) is 16.2. The van der Waals surface area contributed by atoms with E-state index in [0.717, 1.165) is 0 Å². The molecular formula is C16H20FN3O2. The van der Waals surface area contributed by atoms with Crippen molar-refractivity contribution in [2.45, 2.75) is 26.4 Å². The van der Waals surface area contributed by atoms with Crippen LogP contribution in [-0.4, -0.2) is 33.4 Å². The fourth-order valence-corrected chi connectivity index (χ4v) is 1.85. The Morgan fingerprint density at radius 1 is 1.41 bits per heavy atom. The summed E-state index contributed by atoms with van der Waals surface area (Å²) < 4.78 is 13.0. The van der Waals surface area contributed by atoms with E-state index in [1.807, 2.05) is 13.8 Å². The minimum absolute atomic E-state index is 0.00807. The van der Waals surface area contributed by atoms with Crippen molar-refractivity contribution in [3.05, 3.63) is 41.8 Å². The zero-order chi connectivity index (χ0) is 16.3. The third kappa shape index (κ3) is 3.51. The van der Waals surface area contributed by atoms with Crippen molar-refractivity contribution >= 4 is 5.91 Å². The number of nitrogens with one attached hydrogen (secondary N) is 2. The molecule has 1 amide bonds. The van der Waals surface area contributed by atoms with Gasteiger partial charge in [0.15, 0.2) is 0 Å². The van der Waals surface area contributed by atoms with E-state index in [2.05, 4.69) is 15.5 Å². The summed E-state index contributed by atoms with van der Waals surface area (Å²) in [5.74, 6) is -0.676. The van der Waals surface area contributed by atoms with Crippen molar-refractivity contribution in [2.24, 2.45) is 5.92 Å². The van der Waals surface area contributed by atoms with Crippen molar-refractivity contribution in [3.63, 3.8) is 0 Å². The molecule has 2 rings (SSSR count). The molecule has 0 spiro atoms. The number of rotatable bonds is 5. The molecule has 1 unspecified atom stereocenters. The lowest BCUT2D eigenvalue weighted by Gasteiger charge is -2.27. The molecule has 0 aliphatic heterocycles. The molecule has 1 aromatic heterocycles. The lowest BCUT2D eigenvalue weighted by molar-refractivity contribution is 0.0142. The minimum Gasteiger partial charge on any atom is -0.388 e. The van der Waals surface area contributed by atoms with E-state index in [9.17, 15) is 14.3 Å². The molecule has 0 saturated carbocycles. The van der Waals surface area contributed by atoms with Crippen molar-refractivity contribution in [1.29, 1.82) is 0 Å². The van der Waals surface area contributed by atoms with E-state index in [4.69, 9.17) is 0 Å². The van der Waals surface area contributed by atoms with Crippen LogP contribution in [0.1, 0.15) is 31.1 Å². The molecule has 0 bridgehead atoms. The number of aliphatic hydroxyl groups is 1. The predicted molar refractivity (Wildman–Crippen MR) is 81.8 cm³/mol. The van der Waals surface area contributed by atoms with Crippen LogP contribution in [-0.2, 0) is 0 Å². The molecule has 0 saturated heterocycles. The number of carbonyl (C=O) groups excluding carboxylic acids is 1. The number of amides is 1. The summed E-state index contributed by atoms with van der Waals surface area (Å²) in [6, 6.07) is 5.79. The second-order valence-corrected chi connectivity index (χ2v) is 5.86. The molecule has 0 radical (unpaired) electrons. The van der Waals surface area contributed by atoms with Crippen molar-refractivity contribution in [2.75, 3.05) is 6.54 Å². The average Bonchev–Trinajstić information content (AvgIpc) is 2.95. The number of nitrogens with zero attached hydrogens (tertiary/aromatic N) is 1. The molecular weight excluding hydrogens is 285 g/mol. The summed E-state index contributed by atoms with van der Waals surface area (Å²) in [7, 11) is 0. The van der Waals surface area contributed by atoms with E-state index in [1.54, 1.807) is 19.1 Å². The van der Waals surface area contributed by atoms with Crippen molar-refractivity contribution in [3.8, 4) is 11.3 Å². The van der Waals surface area contributed by atoms with Crippen LogP contribution in [0.4, 0.5) is 4.39 Å². The second kappa shape index (κ2) is 6.27. The van der Waals surface area contributed by atoms with Gasteiger partial charge in [0.05, 0.1) is 23.1 Å². The smallest absolute Gasteiger partial charge is 0.255 e. The summed E-state index contributed by atoms with van der Waals surface area (Å²) in [6.07, 6.45) is 1.41. The maximum atomic E-state index is 13.0. The second-order valence-electron chi connectivity index (χ2n) is 5.86. The fourth-order valence-electron chi connectivity index (χ4n) is 1.85. The van der Waals surface area contributed by atoms with E-state index in [0.29, 0.717) is 16.8 Å². The minimum atomic E-state index is -0.991. The average molecular weight is 305 g/mol. The molecule has 1 atom stereocenters. The van der Waals surface area contributed by atoms with Gasteiger partial charge >= 0.3 is 0 Å². The fraction of sp³-hybridized carbons (Fsp3) is 0.375. The van der Waals surface area contributed by atoms with Crippen LogP contribution < -0.4 is 5.32 Å². The Kier molecular flexibility index (Phi) is 4.61. The predicted octanol–water partition coefficient (Wildman–Crippen LogP) is 2.35. The molecule has 22 heavy (non-hydrogen) atoms. The Morgan fingerprint density at radius 3 is 2.64 bits per heavy atom. The summed E-state index contributed by atoms with van der Waals surface area (Å²) in [5.41, 5.74) is 0.544. The number of benzene rings is 1. The van der Waals surface area contributed by atoms with E-state index < -0.39 is 5.60 Å². The van der Waals surface area contributed by atoms with Gasteiger partial charge in [-0.15, -0.1) is 0 Å². The number of carbonyl (C=O) groups is 1. The van der Waals surface area contributed by atoms with Gasteiger partial charge in [0, 0.05) is 12.1 Å². The third-order valence-corrected chi connectivity index (χ3v) is 3.87. The molecule has 5 nitrogen and oxygen atoms in total. The van der Waals surface area contributed by atoms with E-state index in [-0.39, 0.29) is 24.2 Å². The third-order valence-electron chi connectivity index (χ3n) is 3.87. The summed E-state index contributed by atoms with van der Waals surface area (Å²) in [4.78, 5) is 12.3. The van der Waals surface area contributed by atoms with Crippen LogP contribution in [0.5, 0.6) is 0 Å². The normalized spacial score (nSPS) is 13.9. The number of hydrogen-bond donors (Lipinski definition) is 3. The molecule has 0 aliphatic carbocycles. The Hall–Kier alpha value is -2.21. The van der Waals surface area contributed by atoms with E-state index >= 15 is 0 Å². The molecule has 1 heterocycles. The molecule has 2 aromatic rings. The molecule has 6 heteroatoms. The van der Waals surface area contributed by atoms with Crippen LogP contribution in [0.2, 0.25) is 0 Å². The lowest BCUT2D eigenvalue weighted by atomic mass is 9.92. The summed E-state index contributed by atoms with van der Waals surface area (Å²) in [6.45, 7) is 5.58. The summed E-state index contributed by atoms with van der Waals surface area (Å²) >= 11 is 0. The zero-order valence-electron chi connectivity index (χ0n) is 12.9. The Labute approximate surface area is 128 Å². The number of hydrogen-bond acceptors (Lipinski definition) is 3. The first-order valence-electron chi connectivity index (χ1n) is 7.11. The van der Waals surface area contributed by atoms with Gasteiger partial charge in [-0.05, 0) is 37.1 Å². The highest BCUT2D eigenvalue weighted by Crippen LogP contribution is 2.21. The van der Waals surface area contributed by atoms with Crippen LogP contribution >= 0.6 is 0 Å². The van der Waals surface area contributed by atoms with E-state index in [1.165, 1.54) is 18.3 Å². The highest BCUT2D eigenvalue weighted by atomic mass is 19.1. The van der Waals surface area contributed by atoms with Crippen molar-refractivity contribution < 1.29 is 14.3 Å².